The van der Waals surface area contributed by atoms with Crippen LogP contribution in [0.3, 0.4) is 0 Å². The molecule has 5 heteroatoms. The zero-order valence-electron chi connectivity index (χ0n) is 12.1. The predicted molar refractivity (Wildman–Crippen MR) is 78.9 cm³/mol. The van der Waals surface area contributed by atoms with E-state index in [0.29, 0.717) is 12.0 Å². The van der Waals surface area contributed by atoms with Crippen molar-refractivity contribution in [3.05, 3.63) is 35.4 Å². The lowest BCUT2D eigenvalue weighted by Crippen LogP contribution is -2.43. The summed E-state index contributed by atoms with van der Waals surface area (Å²) < 4.78 is 5.50. The molecule has 1 aliphatic rings. The fourth-order valence-corrected chi connectivity index (χ4v) is 2.19. The van der Waals surface area contributed by atoms with Crippen LogP contribution in [0.15, 0.2) is 29.8 Å². The molecule has 0 saturated carbocycles. The number of carbonyl (C=O) groups excluding carboxylic acids is 1. The van der Waals surface area contributed by atoms with Crippen LogP contribution in [0, 0.1) is 5.92 Å². The maximum absolute atomic E-state index is 12.2. The van der Waals surface area contributed by atoms with Gasteiger partial charge >= 0.3 is 5.97 Å². The number of carboxylic acid groups (broad SMARTS) is 1. The molecular formula is C16H19NO4. The quantitative estimate of drug-likeness (QED) is 0.870. The number of benzene rings is 1. The van der Waals surface area contributed by atoms with Crippen LogP contribution in [0.4, 0.5) is 0 Å². The van der Waals surface area contributed by atoms with Gasteiger partial charge in [-0.15, -0.1) is 0 Å². The van der Waals surface area contributed by atoms with E-state index >= 15 is 0 Å². The predicted octanol–water partition coefficient (Wildman–Crippen LogP) is 2.08. The highest BCUT2D eigenvalue weighted by molar-refractivity contribution is 6.00. The normalized spacial score (nSPS) is 14.7. The zero-order valence-corrected chi connectivity index (χ0v) is 12.1. The number of carboxylic acids is 1. The largest absolute Gasteiger partial charge is 0.488 e. The van der Waals surface area contributed by atoms with E-state index in [1.54, 1.807) is 6.08 Å². The Hall–Kier alpha value is -2.30. The van der Waals surface area contributed by atoms with Crippen molar-refractivity contribution in [1.82, 2.24) is 5.32 Å². The minimum atomic E-state index is -1.02. The molecule has 1 atom stereocenters. The molecule has 0 saturated heterocycles. The molecular weight excluding hydrogens is 270 g/mol. The van der Waals surface area contributed by atoms with Crippen molar-refractivity contribution in [3.8, 4) is 5.75 Å². The van der Waals surface area contributed by atoms with Gasteiger partial charge in [0.1, 0.15) is 18.4 Å². The van der Waals surface area contributed by atoms with Crippen LogP contribution in [0.2, 0.25) is 0 Å². The second kappa shape index (κ2) is 6.43. The number of hydrogen-bond donors (Lipinski definition) is 2. The summed E-state index contributed by atoms with van der Waals surface area (Å²) in [6.07, 6.45) is 2.13. The molecule has 1 heterocycles. The Balaban J connectivity index is 2.10. The molecule has 2 N–H and O–H groups in total. The van der Waals surface area contributed by atoms with Gasteiger partial charge in [-0.05, 0) is 24.5 Å². The standard InChI is InChI=1S/C16H19NO4/c1-10(2)7-13(16(19)20)17-15(18)12-8-11-5-3-4-6-14(11)21-9-12/h3-6,8,10,13H,7,9H2,1-2H3,(H,17,18)(H,19,20)/t13-/m1/s1. The van der Waals surface area contributed by atoms with Crippen LogP contribution in [0.25, 0.3) is 6.08 Å². The summed E-state index contributed by atoms with van der Waals surface area (Å²) in [5.41, 5.74) is 1.26. The van der Waals surface area contributed by atoms with E-state index in [0.717, 1.165) is 11.3 Å². The molecule has 0 bridgehead atoms. The lowest BCUT2D eigenvalue weighted by atomic mass is 10.0. The van der Waals surface area contributed by atoms with Gasteiger partial charge in [0.05, 0.1) is 5.57 Å². The molecule has 21 heavy (non-hydrogen) atoms. The van der Waals surface area contributed by atoms with E-state index < -0.39 is 17.9 Å². The molecule has 0 fully saturated rings. The number of aliphatic carboxylic acids is 1. The third-order valence-electron chi connectivity index (χ3n) is 3.23. The second-order valence-electron chi connectivity index (χ2n) is 5.49. The van der Waals surface area contributed by atoms with Crippen LogP contribution in [-0.4, -0.2) is 29.6 Å². The van der Waals surface area contributed by atoms with Crippen molar-refractivity contribution in [3.63, 3.8) is 0 Å². The van der Waals surface area contributed by atoms with E-state index in [4.69, 9.17) is 9.84 Å². The van der Waals surface area contributed by atoms with Crippen LogP contribution in [0.5, 0.6) is 5.75 Å². The van der Waals surface area contributed by atoms with Crippen LogP contribution in [0.1, 0.15) is 25.8 Å². The minimum absolute atomic E-state index is 0.150. The topological polar surface area (TPSA) is 75.6 Å². The molecule has 1 amide bonds. The molecule has 112 valence electrons. The number of rotatable bonds is 5. The highest BCUT2D eigenvalue weighted by Gasteiger charge is 2.24. The number of amides is 1. The summed E-state index contributed by atoms with van der Waals surface area (Å²) in [5.74, 6) is -0.498. The van der Waals surface area contributed by atoms with Gasteiger partial charge in [-0.25, -0.2) is 4.79 Å². The molecule has 1 aromatic carbocycles. The summed E-state index contributed by atoms with van der Waals surface area (Å²) in [7, 11) is 0. The fraction of sp³-hybridized carbons (Fsp3) is 0.375. The summed E-state index contributed by atoms with van der Waals surface area (Å²) in [4.78, 5) is 23.4. The van der Waals surface area contributed by atoms with Gasteiger partial charge in [0.15, 0.2) is 0 Å². The van der Waals surface area contributed by atoms with Crippen LogP contribution in [-0.2, 0) is 9.59 Å². The van der Waals surface area contributed by atoms with Crippen molar-refractivity contribution in [2.45, 2.75) is 26.3 Å². The summed E-state index contributed by atoms with van der Waals surface area (Å²) in [6, 6.07) is 6.53. The van der Waals surface area contributed by atoms with Gasteiger partial charge in [-0.3, -0.25) is 4.79 Å². The van der Waals surface area contributed by atoms with Crippen molar-refractivity contribution >= 4 is 18.0 Å². The lowest BCUT2D eigenvalue weighted by Gasteiger charge is -2.20. The molecule has 0 spiro atoms. The van der Waals surface area contributed by atoms with E-state index in [1.807, 2.05) is 38.1 Å². The first-order chi connectivity index (χ1) is 9.97. The monoisotopic (exact) mass is 289 g/mol. The molecule has 0 aromatic heterocycles. The minimum Gasteiger partial charge on any atom is -0.488 e. The second-order valence-corrected chi connectivity index (χ2v) is 5.49. The first-order valence-electron chi connectivity index (χ1n) is 6.93. The summed E-state index contributed by atoms with van der Waals surface area (Å²) in [6.45, 7) is 3.99. The molecule has 0 unspecified atom stereocenters. The number of nitrogens with one attached hydrogen (secondary N) is 1. The maximum Gasteiger partial charge on any atom is 0.326 e. The zero-order chi connectivity index (χ0) is 15.4. The average Bonchev–Trinajstić information content (AvgIpc) is 2.45. The number of para-hydroxylation sites is 1. The summed E-state index contributed by atoms with van der Waals surface area (Å²) >= 11 is 0. The van der Waals surface area contributed by atoms with E-state index in [-0.39, 0.29) is 12.5 Å². The van der Waals surface area contributed by atoms with Gasteiger partial charge in [-0.1, -0.05) is 32.0 Å². The fourth-order valence-electron chi connectivity index (χ4n) is 2.19. The Morgan fingerprint density at radius 1 is 1.33 bits per heavy atom. The van der Waals surface area contributed by atoms with Gasteiger partial charge in [0, 0.05) is 5.56 Å². The highest BCUT2D eigenvalue weighted by atomic mass is 16.5. The number of ether oxygens (including phenoxy) is 1. The molecule has 5 nitrogen and oxygen atoms in total. The third-order valence-corrected chi connectivity index (χ3v) is 3.23. The first-order valence-corrected chi connectivity index (χ1v) is 6.93. The molecule has 1 aliphatic heterocycles. The van der Waals surface area contributed by atoms with Crippen LogP contribution < -0.4 is 10.1 Å². The maximum atomic E-state index is 12.2. The van der Waals surface area contributed by atoms with Crippen molar-refractivity contribution in [2.24, 2.45) is 5.92 Å². The molecule has 2 rings (SSSR count). The molecule has 0 radical (unpaired) electrons. The van der Waals surface area contributed by atoms with Crippen molar-refractivity contribution in [1.29, 1.82) is 0 Å². The van der Waals surface area contributed by atoms with E-state index in [9.17, 15) is 9.59 Å². The van der Waals surface area contributed by atoms with Gasteiger partial charge in [-0.2, -0.15) is 0 Å². The van der Waals surface area contributed by atoms with E-state index in [2.05, 4.69) is 5.32 Å². The average molecular weight is 289 g/mol. The Morgan fingerprint density at radius 3 is 2.71 bits per heavy atom. The van der Waals surface area contributed by atoms with Crippen LogP contribution >= 0.6 is 0 Å². The number of carbonyl (C=O) groups is 2. The Bertz CT molecular complexity index is 577. The smallest absolute Gasteiger partial charge is 0.326 e. The van der Waals surface area contributed by atoms with Gasteiger partial charge < -0.3 is 15.2 Å². The molecule has 1 aromatic rings. The van der Waals surface area contributed by atoms with Crippen molar-refractivity contribution in [2.75, 3.05) is 6.61 Å². The van der Waals surface area contributed by atoms with E-state index in [1.165, 1.54) is 0 Å². The van der Waals surface area contributed by atoms with Crippen molar-refractivity contribution < 1.29 is 19.4 Å². The lowest BCUT2D eigenvalue weighted by molar-refractivity contribution is -0.141. The number of fused-ring (bicyclic) bond motifs is 1. The van der Waals surface area contributed by atoms with Gasteiger partial charge in [0.2, 0.25) is 0 Å². The highest BCUT2D eigenvalue weighted by Crippen LogP contribution is 2.25. The Kier molecular flexibility index (Phi) is 4.62. The first kappa shape index (κ1) is 15.1. The van der Waals surface area contributed by atoms with Gasteiger partial charge in [0.25, 0.3) is 5.91 Å². The third kappa shape index (κ3) is 3.84. The SMILES string of the molecule is CC(C)C[C@@H](NC(=O)C1=Cc2ccccc2OC1)C(=O)O. The number of hydrogen-bond acceptors (Lipinski definition) is 3. The summed E-state index contributed by atoms with van der Waals surface area (Å²) in [5, 5.41) is 11.7. The Morgan fingerprint density at radius 2 is 2.05 bits per heavy atom. The molecule has 0 aliphatic carbocycles. The Labute approximate surface area is 123 Å².